The van der Waals surface area contributed by atoms with Gasteiger partial charge in [0.25, 0.3) is 20.2 Å². The van der Waals surface area contributed by atoms with Crippen LogP contribution in [-0.4, -0.2) is 78.9 Å². The normalized spacial score (nSPS) is 12.8. The van der Waals surface area contributed by atoms with Gasteiger partial charge in [-0.1, -0.05) is 66.2 Å². The van der Waals surface area contributed by atoms with Crippen LogP contribution in [-0.2, 0) is 33.3 Å². The third-order valence-corrected chi connectivity index (χ3v) is 10.1. The Balaban J connectivity index is 0.00000541. The number of benzene rings is 4. The fraction of sp³-hybridized carbons (Fsp3) is 0.162. The van der Waals surface area contributed by atoms with Gasteiger partial charge in [-0.3, -0.25) is 9.11 Å². The fourth-order valence-electron chi connectivity index (χ4n) is 5.64. The minimum atomic E-state index is -4.30. The molecule has 0 aliphatic heterocycles. The number of hydrogen-bond acceptors (Lipinski definition) is 5. The van der Waals surface area contributed by atoms with Crippen molar-refractivity contribution in [2.75, 3.05) is 18.0 Å². The van der Waals surface area contributed by atoms with E-state index in [9.17, 15) is 25.9 Å². The van der Waals surface area contributed by atoms with Gasteiger partial charge >= 0.3 is 0 Å². The molecule has 49 heavy (non-hydrogen) atoms. The monoisotopic (exact) mass is 726 g/mol. The molecule has 0 heterocycles. The molecule has 0 bridgehead atoms. The van der Waals surface area contributed by atoms with Crippen molar-refractivity contribution in [2.24, 2.45) is 0 Å². The summed E-state index contributed by atoms with van der Waals surface area (Å²) in [6.45, 7) is 6.30. The van der Waals surface area contributed by atoms with Crippen LogP contribution in [0.25, 0.3) is 5.57 Å². The molecule has 8 nitrogen and oxygen atoms in total. The Morgan fingerprint density at radius 3 is 1.86 bits per heavy atom. The zero-order chi connectivity index (χ0) is 34.5. The second kappa shape index (κ2) is 16.6. The van der Waals surface area contributed by atoms with Crippen molar-refractivity contribution in [3.63, 3.8) is 0 Å². The van der Waals surface area contributed by atoms with Crippen LogP contribution in [0, 0.1) is 0 Å². The van der Waals surface area contributed by atoms with Crippen LogP contribution in [0.1, 0.15) is 36.1 Å². The molecule has 0 aromatic heterocycles. The second-order valence-electron chi connectivity index (χ2n) is 11.2. The fourth-order valence-corrected chi connectivity index (χ4v) is 6.97. The molecule has 249 valence electrons. The molecule has 1 aliphatic rings. The van der Waals surface area contributed by atoms with E-state index in [2.05, 4.69) is 9.48 Å². The van der Waals surface area contributed by atoms with Gasteiger partial charge in [0.1, 0.15) is 6.54 Å². The predicted octanol–water partition coefficient (Wildman–Crippen LogP) is 7.08. The quantitative estimate of drug-likeness (QED) is 0.0965. The Labute approximate surface area is 315 Å². The summed E-state index contributed by atoms with van der Waals surface area (Å²) in [5.41, 5.74) is 7.15. The third-order valence-electron chi connectivity index (χ3n) is 8.09. The third kappa shape index (κ3) is 9.68. The first-order valence-corrected chi connectivity index (χ1v) is 18.6. The smallest absolute Gasteiger partial charge is 0.294 e. The van der Waals surface area contributed by atoms with Gasteiger partial charge in [0.2, 0.25) is 0 Å². The van der Waals surface area contributed by atoms with E-state index in [1.807, 2.05) is 98.8 Å². The Bertz CT molecular complexity index is 2160. The molecule has 0 saturated carbocycles. The number of allylic oxidation sites excluding steroid dienone is 5. The van der Waals surface area contributed by atoms with E-state index in [4.69, 9.17) is 11.6 Å². The van der Waals surface area contributed by atoms with Crippen molar-refractivity contribution in [3.8, 4) is 0 Å². The molecule has 4 aromatic rings. The van der Waals surface area contributed by atoms with Crippen molar-refractivity contribution < 1.29 is 30.5 Å². The van der Waals surface area contributed by atoms with Gasteiger partial charge in [-0.2, -0.15) is 16.8 Å². The number of halogens is 1. The molecule has 0 spiro atoms. The van der Waals surface area contributed by atoms with Crippen molar-refractivity contribution in [1.29, 1.82) is 0 Å². The summed E-state index contributed by atoms with van der Waals surface area (Å²) >= 11 is 6.74. The molecule has 0 amide bonds. The van der Waals surface area contributed by atoms with E-state index in [0.717, 1.165) is 44.8 Å². The van der Waals surface area contributed by atoms with Gasteiger partial charge in [-0.25, -0.2) is 4.58 Å². The summed E-state index contributed by atoms with van der Waals surface area (Å²) in [7, 11) is -8.59. The zero-order valence-electron chi connectivity index (χ0n) is 27.5. The molecule has 1 radical (unpaired) electrons. The number of nitrogens with zero attached hydrogens (tertiary/aromatic N) is 2. The maximum Gasteiger partial charge on any atom is 0.294 e. The second-order valence-corrected chi connectivity index (χ2v) is 14.5. The van der Waals surface area contributed by atoms with Gasteiger partial charge in [0.15, 0.2) is 12.3 Å². The van der Waals surface area contributed by atoms with Gasteiger partial charge < -0.3 is 4.90 Å². The Morgan fingerprint density at radius 2 is 1.31 bits per heavy atom. The maximum absolute atomic E-state index is 11.7. The molecule has 4 aromatic carbocycles. The summed E-state index contributed by atoms with van der Waals surface area (Å²) in [6.07, 6.45) is 8.13. The number of rotatable bonds is 11. The minimum absolute atomic E-state index is 0. The van der Waals surface area contributed by atoms with Crippen LogP contribution in [0.4, 0.5) is 5.69 Å². The standard InChI is InChI=1S/C37H35ClN2O6S2.Na/c1-3-39(25-27-9-7-11-33(23-27)47(41,42)43)31-19-15-29(16-20-31)37(35-13-5-6-14-36(35)38)30-17-21-32(22-18-30)40(4-2)26-28-10-8-12-34(24-28)48(44,45)46;/h5-24H,3-4,25-26H2,1-2H3,(H-,41,42,43,44,45,46);/p+1. The van der Waals surface area contributed by atoms with Crippen LogP contribution in [0.2, 0.25) is 5.02 Å². The van der Waals surface area contributed by atoms with Gasteiger partial charge in [-0.05, 0) is 90.7 Å². The van der Waals surface area contributed by atoms with Crippen LogP contribution < -0.4 is 4.90 Å². The van der Waals surface area contributed by atoms with Crippen LogP contribution in [0.3, 0.4) is 0 Å². The van der Waals surface area contributed by atoms with Crippen molar-refractivity contribution >= 4 is 78.4 Å². The van der Waals surface area contributed by atoms with Gasteiger partial charge in [-0.15, -0.1) is 0 Å². The SMILES string of the molecule is CCN(Cc1cccc(S(=O)(=O)O)c1)c1ccc(C(=C2C=CC(=[N+](CC)Cc3cccc(S(=O)(=O)O)c3)C=C2)c2ccccc2Cl)cc1.[Na]. The molecular weight excluding hydrogens is 691 g/mol. The van der Waals surface area contributed by atoms with E-state index in [0.29, 0.717) is 31.2 Å². The first kappa shape index (κ1) is 38.5. The van der Waals surface area contributed by atoms with Crippen LogP contribution in [0.15, 0.2) is 137 Å². The topological polar surface area (TPSA) is 115 Å². The van der Waals surface area contributed by atoms with Crippen molar-refractivity contribution in [1.82, 2.24) is 0 Å². The van der Waals surface area contributed by atoms with Crippen molar-refractivity contribution in [3.05, 3.63) is 154 Å². The first-order valence-electron chi connectivity index (χ1n) is 15.3. The Hall–Kier alpha value is -3.32. The van der Waals surface area contributed by atoms with E-state index >= 15 is 0 Å². The van der Waals surface area contributed by atoms with Gasteiger partial charge in [0, 0.05) is 76.6 Å². The summed E-state index contributed by atoms with van der Waals surface area (Å²) in [6, 6.07) is 28.4. The molecule has 1 aliphatic carbocycles. The molecule has 2 N–H and O–H groups in total. The maximum atomic E-state index is 11.7. The first-order chi connectivity index (χ1) is 22.9. The molecular formula is C37H36ClN2NaO6S2+. The van der Waals surface area contributed by atoms with E-state index in [1.165, 1.54) is 24.3 Å². The van der Waals surface area contributed by atoms with E-state index in [-0.39, 0.29) is 39.3 Å². The van der Waals surface area contributed by atoms with E-state index < -0.39 is 20.2 Å². The van der Waals surface area contributed by atoms with Crippen LogP contribution >= 0.6 is 11.6 Å². The summed E-state index contributed by atoms with van der Waals surface area (Å²) in [4.78, 5) is 1.84. The minimum Gasteiger partial charge on any atom is -0.367 e. The summed E-state index contributed by atoms with van der Waals surface area (Å²) in [5.74, 6) is 0. The van der Waals surface area contributed by atoms with E-state index in [1.54, 1.807) is 12.1 Å². The Morgan fingerprint density at radius 1 is 0.735 bits per heavy atom. The average Bonchev–Trinajstić information content (AvgIpc) is 3.07. The van der Waals surface area contributed by atoms with Gasteiger partial charge in [0.05, 0.1) is 9.79 Å². The number of anilines is 1. The molecule has 12 heteroatoms. The molecule has 0 saturated heterocycles. The number of hydrogen-bond donors (Lipinski definition) is 2. The molecule has 0 unspecified atom stereocenters. The van der Waals surface area contributed by atoms with Crippen LogP contribution in [0.5, 0.6) is 0 Å². The predicted molar refractivity (Wildman–Crippen MR) is 197 cm³/mol. The molecule has 0 atom stereocenters. The average molecular weight is 727 g/mol. The summed E-state index contributed by atoms with van der Waals surface area (Å²) in [5, 5.41) is 0.614. The van der Waals surface area contributed by atoms with Crippen molar-refractivity contribution in [2.45, 2.75) is 36.7 Å². The molecule has 0 fully saturated rings. The summed E-state index contributed by atoms with van der Waals surface area (Å²) < 4.78 is 67.7. The largest absolute Gasteiger partial charge is 0.367 e. The molecule has 5 rings (SSSR count). The Kier molecular flexibility index (Phi) is 13.0. The zero-order valence-corrected chi connectivity index (χ0v) is 31.9.